The Morgan fingerprint density at radius 3 is 1.30 bits per heavy atom. The van der Waals surface area contributed by atoms with Crippen LogP contribution in [0.3, 0.4) is 0 Å². The van der Waals surface area contributed by atoms with Crippen molar-refractivity contribution in [3.05, 3.63) is 209 Å². The number of diazo groups is 1. The average Bonchev–Trinajstić information content (AvgIpc) is 3.54. The van der Waals surface area contributed by atoms with Gasteiger partial charge in [0.05, 0.1) is 57.2 Å². The molecule has 0 spiro atoms. The number of aliphatic hydroxyl groups is 6. The minimum absolute atomic E-state index is 0.000741. The van der Waals surface area contributed by atoms with E-state index in [9.17, 15) is 83.2 Å². The van der Waals surface area contributed by atoms with Gasteiger partial charge in [0.25, 0.3) is 0 Å². The predicted molar refractivity (Wildman–Crippen MR) is 284 cm³/mol. The number of phenolic OH excluding ortho intramolecular Hbond substituents is 1. The number of benzene rings is 7. The Morgan fingerprint density at radius 1 is 0.570 bits per heavy atom. The van der Waals surface area contributed by atoms with E-state index in [1.807, 2.05) is 45.0 Å². The number of ether oxygens (including phenoxy) is 1. The summed E-state index contributed by atoms with van der Waals surface area (Å²) < 4.78 is 38.4. The van der Waals surface area contributed by atoms with Gasteiger partial charge in [-0.1, -0.05) is 68.4 Å². The first kappa shape index (κ1) is 61.2. The minimum Gasteiger partial charge on any atom is -0.744 e. The maximum absolute atomic E-state index is 12.2. The summed E-state index contributed by atoms with van der Waals surface area (Å²) in [6.07, 6.45) is 1.32. The van der Waals surface area contributed by atoms with Crippen molar-refractivity contribution in [3.63, 3.8) is 0 Å². The second-order valence-corrected chi connectivity index (χ2v) is 19.7. The van der Waals surface area contributed by atoms with Gasteiger partial charge >= 0.3 is 5.69 Å². The molecule has 7 rings (SSSR count). The zero-order valence-corrected chi connectivity index (χ0v) is 43.8. The van der Waals surface area contributed by atoms with E-state index in [-0.39, 0.29) is 78.8 Å². The Labute approximate surface area is 453 Å². The molecule has 20 nitrogen and oxygen atoms in total. The van der Waals surface area contributed by atoms with Crippen LogP contribution in [0.25, 0.3) is 4.98 Å². The molecule has 0 radical (unpaired) electrons. The summed E-state index contributed by atoms with van der Waals surface area (Å²) in [5.41, 5.74) is 3.48. The van der Waals surface area contributed by atoms with Gasteiger partial charge < -0.3 is 60.4 Å². The lowest BCUT2D eigenvalue weighted by molar-refractivity contribution is 0.103. The third kappa shape index (κ3) is 13.0. The molecule has 0 saturated heterocycles. The molecule has 79 heavy (non-hydrogen) atoms. The Kier molecular flexibility index (Phi) is 20.2. The highest BCUT2D eigenvalue weighted by Gasteiger charge is 2.35. The number of aldehydes is 3. The van der Waals surface area contributed by atoms with Crippen LogP contribution in [0.4, 0.5) is 5.69 Å². The van der Waals surface area contributed by atoms with Crippen molar-refractivity contribution >= 4 is 40.4 Å². The van der Waals surface area contributed by atoms with Crippen molar-refractivity contribution in [2.24, 2.45) is 0 Å². The first-order chi connectivity index (χ1) is 37.5. The van der Waals surface area contributed by atoms with Gasteiger partial charge in [-0.2, -0.15) is 0 Å². The highest BCUT2D eigenvalue weighted by molar-refractivity contribution is 7.85. The summed E-state index contributed by atoms with van der Waals surface area (Å²) in [7, 11) is -3.68. The first-order valence-electron chi connectivity index (χ1n) is 23.7. The molecule has 0 fully saturated rings. The molecule has 0 atom stereocenters. The van der Waals surface area contributed by atoms with Gasteiger partial charge in [0.2, 0.25) is 5.39 Å². The van der Waals surface area contributed by atoms with E-state index < -0.39 is 77.0 Å². The maximum Gasteiger partial charge on any atom is 0.405 e. The van der Waals surface area contributed by atoms with Gasteiger partial charge in [0, 0.05) is 61.4 Å². The molecule has 0 aliphatic heterocycles. The largest absolute Gasteiger partial charge is 0.744 e. The van der Waals surface area contributed by atoms with Gasteiger partial charge in [-0.25, -0.2) is 8.42 Å². The molecule has 7 aromatic carbocycles. The fraction of sp³-hybridized carbons (Fsp3) is 0.207. The van der Waals surface area contributed by atoms with Crippen molar-refractivity contribution < 1.29 is 88.0 Å². The molecule has 21 heteroatoms. The molecular formula is C58H56N2O18S. The molecule has 0 aromatic heterocycles. The number of hydrogen-bond acceptors (Lipinski definition) is 19. The van der Waals surface area contributed by atoms with E-state index in [4.69, 9.17) is 10.1 Å². The third-order valence-electron chi connectivity index (χ3n) is 13.4. The Bertz CT molecular complexity index is 3390. The molecule has 0 aliphatic rings. The highest BCUT2D eigenvalue weighted by Crippen LogP contribution is 2.45. The third-order valence-corrected chi connectivity index (χ3v) is 14.3. The van der Waals surface area contributed by atoms with Crippen LogP contribution in [0.5, 0.6) is 28.7 Å². The Hall–Kier alpha value is -8.69. The molecule has 0 bridgehead atoms. The number of phenols is 4. The van der Waals surface area contributed by atoms with Gasteiger partial charge in [0.15, 0.2) is 23.3 Å². The molecule has 0 unspecified atom stereocenters. The normalized spacial score (nSPS) is 11.3. The summed E-state index contributed by atoms with van der Waals surface area (Å²) in [5, 5.41) is 110. The van der Waals surface area contributed by atoms with E-state index in [1.54, 1.807) is 54.6 Å². The topological polar surface area (TPSA) is 365 Å². The Balaban J connectivity index is 0.000000268. The maximum atomic E-state index is 12.2. The SMILES string of the molecule is CC(C)(c1ccc(C(C)(c2cc(CO)c(O)c(CO)c2)c2cc(CO)c(O)c(CO)c2)cc1)c1cc(CO)c(O)c(CO)c1.COc1cc(O)c(C(=O)c2ccccc2)cc1S(=O)(=O)[O-].N#[N+]c1c(C=O)cc(C=O)cc1C=O. The summed E-state index contributed by atoms with van der Waals surface area (Å²) in [4.78, 5) is 45.8. The number of aromatic hydroxyl groups is 4. The van der Waals surface area contributed by atoms with E-state index in [2.05, 4.69) is 4.98 Å². The van der Waals surface area contributed by atoms with Gasteiger partial charge in [-0.15, -0.1) is 0 Å². The lowest BCUT2D eigenvalue weighted by Crippen LogP contribution is -2.27. The predicted octanol–water partition coefficient (Wildman–Crippen LogP) is 6.58. The van der Waals surface area contributed by atoms with E-state index in [0.717, 1.165) is 35.9 Å². The zero-order chi connectivity index (χ0) is 58.6. The summed E-state index contributed by atoms with van der Waals surface area (Å²) in [6.45, 7) is 3.17. The number of methoxy groups -OCH3 is 1. The molecule has 7 aromatic rings. The number of ketones is 1. The van der Waals surface area contributed by atoms with E-state index in [1.165, 1.54) is 24.3 Å². The fourth-order valence-corrected chi connectivity index (χ4v) is 9.38. The van der Waals surface area contributed by atoms with Crippen LogP contribution in [0.2, 0.25) is 0 Å². The summed E-state index contributed by atoms with van der Waals surface area (Å²) >= 11 is 0. The quantitative estimate of drug-likeness (QED) is 0.0142. The number of nitrogens with zero attached hydrogens (tertiary/aromatic N) is 2. The monoisotopic (exact) mass is 1100 g/mol. The van der Waals surface area contributed by atoms with Crippen LogP contribution in [-0.2, 0) is 60.6 Å². The lowest BCUT2D eigenvalue weighted by Gasteiger charge is -2.35. The number of carbonyl (C=O) groups excluding carboxylic acids is 4. The van der Waals surface area contributed by atoms with E-state index >= 15 is 0 Å². The zero-order valence-electron chi connectivity index (χ0n) is 43.0. The van der Waals surface area contributed by atoms with Crippen LogP contribution >= 0.6 is 0 Å². The van der Waals surface area contributed by atoms with Crippen molar-refractivity contribution in [1.82, 2.24) is 0 Å². The van der Waals surface area contributed by atoms with Crippen molar-refractivity contribution in [2.45, 2.75) is 76.1 Å². The molecular weight excluding hydrogens is 1040 g/mol. The molecule has 0 amide bonds. The minimum atomic E-state index is -4.84. The summed E-state index contributed by atoms with van der Waals surface area (Å²) in [6, 6.07) is 29.9. The molecule has 0 aliphatic carbocycles. The van der Waals surface area contributed by atoms with Crippen LogP contribution in [0, 0.1) is 5.39 Å². The average molecular weight is 1100 g/mol. The standard InChI is InChI=1S/C35H40O9.C14H12O6S.C9H5N2O3/c1-34(2,28-8-20(14-36)31(42)21(9-28)15-37)26-4-6-27(7-5-26)35(3,29-10-22(16-38)32(43)23(11-29)17-39)30-12-24(18-40)33(44)25(13-30)19-41;1-20-12-8-11(15)10(7-13(12)21(17,18)19)14(16)9-5-3-2-4-6-9;10-11-9-7(4-13)1-6(3-12)2-8(9)5-14/h4-13,36-44H,14-19H2,1-3H3;2-8,15H,1H3,(H,17,18,19);1-5H/q;;+1/p-1. The number of rotatable bonds is 18. The van der Waals surface area contributed by atoms with Crippen molar-refractivity contribution in [2.75, 3.05) is 7.11 Å². The molecule has 0 saturated carbocycles. The van der Waals surface area contributed by atoms with Gasteiger partial charge in [-0.05, 0) is 89.3 Å². The van der Waals surface area contributed by atoms with Crippen LogP contribution in [0.1, 0.15) is 129 Å². The van der Waals surface area contributed by atoms with E-state index in [0.29, 0.717) is 41.1 Å². The van der Waals surface area contributed by atoms with Crippen LogP contribution in [0.15, 0.2) is 120 Å². The smallest absolute Gasteiger partial charge is 0.405 e. The second kappa shape index (κ2) is 26.1. The van der Waals surface area contributed by atoms with Crippen molar-refractivity contribution in [3.8, 4) is 28.7 Å². The fourth-order valence-electron chi connectivity index (χ4n) is 8.73. The molecule has 0 heterocycles. The Morgan fingerprint density at radius 2 is 0.962 bits per heavy atom. The van der Waals surface area contributed by atoms with Crippen LogP contribution in [-0.4, -0.2) is 95.8 Å². The highest BCUT2D eigenvalue weighted by atomic mass is 32.2. The number of hydrogen-bond donors (Lipinski definition) is 10. The molecule has 10 N–H and O–H groups in total. The van der Waals surface area contributed by atoms with Gasteiger partial charge in [-0.3, -0.25) is 19.2 Å². The van der Waals surface area contributed by atoms with Crippen LogP contribution < -0.4 is 4.74 Å². The molecule has 412 valence electrons. The number of aliphatic hydroxyl groups excluding tert-OH is 6. The van der Waals surface area contributed by atoms with Crippen molar-refractivity contribution in [1.29, 1.82) is 5.39 Å². The summed E-state index contributed by atoms with van der Waals surface area (Å²) in [5.74, 6) is -1.94. The number of carbonyl (C=O) groups is 4. The first-order valence-corrected chi connectivity index (χ1v) is 25.1. The van der Waals surface area contributed by atoms with Gasteiger partial charge in [0.1, 0.15) is 56.3 Å². The lowest BCUT2D eigenvalue weighted by atomic mass is 9.68. The second-order valence-electron chi connectivity index (χ2n) is 18.4.